The summed E-state index contributed by atoms with van der Waals surface area (Å²) < 4.78 is 39.7. The lowest BCUT2D eigenvalue weighted by molar-refractivity contribution is -0.301. The first kappa shape index (κ1) is 14.2. The molecule has 2 bridgehead atoms. The zero-order valence-electron chi connectivity index (χ0n) is 11.3. The zero-order valence-corrected chi connectivity index (χ0v) is 11.3. The SMILES string of the molecule is CC(C)(C)C(O)(CC1CC2CCC1C2)C(F)(F)F. The zero-order chi connectivity index (χ0) is 13.8. The molecule has 0 aromatic heterocycles. The van der Waals surface area contributed by atoms with Crippen LogP contribution in [0.2, 0.25) is 0 Å². The van der Waals surface area contributed by atoms with Gasteiger partial charge < -0.3 is 5.11 Å². The van der Waals surface area contributed by atoms with Gasteiger partial charge in [-0.1, -0.05) is 27.2 Å². The fraction of sp³-hybridized carbons (Fsp3) is 1.00. The van der Waals surface area contributed by atoms with Crippen molar-refractivity contribution in [2.75, 3.05) is 0 Å². The van der Waals surface area contributed by atoms with Crippen molar-refractivity contribution in [1.82, 2.24) is 0 Å². The molecule has 0 aromatic carbocycles. The van der Waals surface area contributed by atoms with E-state index in [-0.39, 0.29) is 12.3 Å². The van der Waals surface area contributed by atoms with E-state index >= 15 is 0 Å². The minimum Gasteiger partial charge on any atom is -0.380 e. The summed E-state index contributed by atoms with van der Waals surface area (Å²) >= 11 is 0. The van der Waals surface area contributed by atoms with Crippen LogP contribution in [-0.2, 0) is 0 Å². The Balaban J connectivity index is 2.17. The Hall–Kier alpha value is -0.250. The number of alkyl halides is 3. The first-order valence-corrected chi connectivity index (χ1v) is 6.84. The molecule has 0 aromatic rings. The molecule has 1 nitrogen and oxygen atoms in total. The minimum absolute atomic E-state index is 0.0506. The molecular formula is C14H23F3O. The first-order chi connectivity index (χ1) is 8.04. The summed E-state index contributed by atoms with van der Waals surface area (Å²) in [5.41, 5.74) is -3.73. The molecule has 4 heteroatoms. The van der Waals surface area contributed by atoms with Crippen molar-refractivity contribution >= 4 is 0 Å². The summed E-state index contributed by atoms with van der Waals surface area (Å²) in [6.07, 6.45) is -0.509. The van der Waals surface area contributed by atoms with Crippen LogP contribution in [-0.4, -0.2) is 16.9 Å². The number of hydrogen-bond acceptors (Lipinski definition) is 1. The van der Waals surface area contributed by atoms with E-state index in [9.17, 15) is 18.3 Å². The van der Waals surface area contributed by atoms with Gasteiger partial charge in [0.1, 0.15) is 0 Å². The van der Waals surface area contributed by atoms with Crippen LogP contribution >= 0.6 is 0 Å². The third kappa shape index (κ3) is 2.17. The smallest absolute Gasteiger partial charge is 0.380 e. The highest BCUT2D eigenvalue weighted by Crippen LogP contribution is 2.55. The maximum Gasteiger partial charge on any atom is 0.417 e. The number of fused-ring (bicyclic) bond motifs is 2. The minimum atomic E-state index is -4.55. The van der Waals surface area contributed by atoms with E-state index in [0.717, 1.165) is 19.3 Å². The van der Waals surface area contributed by atoms with E-state index in [4.69, 9.17) is 0 Å². The van der Waals surface area contributed by atoms with E-state index in [1.54, 1.807) is 0 Å². The van der Waals surface area contributed by atoms with E-state index in [0.29, 0.717) is 11.8 Å². The van der Waals surface area contributed by atoms with Crippen LogP contribution in [0.15, 0.2) is 0 Å². The lowest BCUT2D eigenvalue weighted by Crippen LogP contribution is -2.56. The van der Waals surface area contributed by atoms with Crippen molar-refractivity contribution in [3.63, 3.8) is 0 Å². The molecule has 1 N–H and O–H groups in total. The molecule has 106 valence electrons. The van der Waals surface area contributed by atoms with Gasteiger partial charge >= 0.3 is 6.18 Å². The molecule has 2 aliphatic rings. The summed E-state index contributed by atoms with van der Waals surface area (Å²) in [6.45, 7) is 4.44. The van der Waals surface area contributed by atoms with Crippen LogP contribution in [0.5, 0.6) is 0 Å². The molecule has 0 spiro atoms. The fourth-order valence-corrected chi connectivity index (χ4v) is 3.85. The third-order valence-corrected chi connectivity index (χ3v) is 5.15. The second-order valence-electron chi connectivity index (χ2n) is 7.25. The summed E-state index contributed by atoms with van der Waals surface area (Å²) in [6, 6.07) is 0. The molecule has 2 saturated carbocycles. The van der Waals surface area contributed by atoms with Crippen LogP contribution in [0.1, 0.15) is 52.9 Å². The Morgan fingerprint density at radius 1 is 1.06 bits per heavy atom. The molecule has 2 aliphatic carbocycles. The summed E-state index contributed by atoms with van der Waals surface area (Å²) in [7, 11) is 0. The number of hydrogen-bond donors (Lipinski definition) is 1. The molecule has 0 saturated heterocycles. The summed E-state index contributed by atoms with van der Waals surface area (Å²) in [5.74, 6) is 1.07. The monoisotopic (exact) mass is 264 g/mol. The molecule has 2 fully saturated rings. The lowest BCUT2D eigenvalue weighted by Gasteiger charge is -2.44. The fourth-order valence-electron chi connectivity index (χ4n) is 3.85. The maximum atomic E-state index is 13.2. The predicted octanol–water partition coefficient (Wildman–Crippen LogP) is 4.15. The van der Waals surface area contributed by atoms with E-state index in [1.165, 1.54) is 27.2 Å². The van der Waals surface area contributed by atoms with Gasteiger partial charge in [-0.3, -0.25) is 0 Å². The second-order valence-corrected chi connectivity index (χ2v) is 7.25. The lowest BCUT2D eigenvalue weighted by atomic mass is 9.68. The number of halogens is 3. The average Bonchev–Trinajstić information content (AvgIpc) is 2.75. The Kier molecular flexibility index (Phi) is 3.24. The van der Waals surface area contributed by atoms with E-state index in [2.05, 4.69) is 0 Å². The highest BCUT2D eigenvalue weighted by molar-refractivity contribution is 5.01. The van der Waals surface area contributed by atoms with Gasteiger partial charge in [0, 0.05) is 0 Å². The molecule has 4 unspecified atom stereocenters. The van der Waals surface area contributed by atoms with Crippen LogP contribution in [0.25, 0.3) is 0 Å². The molecule has 0 amide bonds. The van der Waals surface area contributed by atoms with Crippen molar-refractivity contribution in [2.24, 2.45) is 23.2 Å². The molecule has 0 radical (unpaired) electrons. The Morgan fingerprint density at radius 3 is 2.00 bits per heavy atom. The largest absolute Gasteiger partial charge is 0.417 e. The van der Waals surface area contributed by atoms with Crippen molar-refractivity contribution in [2.45, 2.75) is 64.7 Å². The second kappa shape index (κ2) is 4.12. The normalized spacial score (nSPS) is 35.8. The number of aliphatic hydroxyl groups is 1. The first-order valence-electron chi connectivity index (χ1n) is 6.84. The molecule has 2 rings (SSSR count). The van der Waals surface area contributed by atoms with Crippen molar-refractivity contribution in [3.8, 4) is 0 Å². The quantitative estimate of drug-likeness (QED) is 0.794. The van der Waals surface area contributed by atoms with Crippen molar-refractivity contribution in [3.05, 3.63) is 0 Å². The summed E-state index contributed by atoms with van der Waals surface area (Å²) in [4.78, 5) is 0. The van der Waals surface area contributed by atoms with Crippen LogP contribution in [0, 0.1) is 23.2 Å². The average molecular weight is 264 g/mol. The van der Waals surface area contributed by atoms with Gasteiger partial charge in [0.05, 0.1) is 0 Å². The van der Waals surface area contributed by atoms with Gasteiger partial charge in [0.15, 0.2) is 5.60 Å². The standard InChI is InChI=1S/C14H23F3O/c1-12(2,3)13(18,14(15,16)17)8-11-7-9-4-5-10(11)6-9/h9-11,18H,4-8H2,1-3H3. The third-order valence-electron chi connectivity index (χ3n) is 5.15. The van der Waals surface area contributed by atoms with Gasteiger partial charge in [-0.15, -0.1) is 0 Å². The topological polar surface area (TPSA) is 20.2 Å². The molecule has 0 aliphatic heterocycles. The molecule has 4 atom stereocenters. The van der Waals surface area contributed by atoms with Gasteiger partial charge in [0.25, 0.3) is 0 Å². The van der Waals surface area contributed by atoms with Crippen molar-refractivity contribution in [1.29, 1.82) is 0 Å². The van der Waals surface area contributed by atoms with E-state index < -0.39 is 17.2 Å². The van der Waals surface area contributed by atoms with Gasteiger partial charge in [-0.05, 0) is 48.9 Å². The van der Waals surface area contributed by atoms with Crippen LogP contribution in [0.3, 0.4) is 0 Å². The summed E-state index contributed by atoms with van der Waals surface area (Å²) in [5, 5.41) is 10.2. The highest BCUT2D eigenvalue weighted by Gasteiger charge is 2.62. The Labute approximate surface area is 107 Å². The maximum absolute atomic E-state index is 13.2. The van der Waals surface area contributed by atoms with Crippen molar-refractivity contribution < 1.29 is 18.3 Å². The van der Waals surface area contributed by atoms with E-state index in [1.807, 2.05) is 0 Å². The molecule has 18 heavy (non-hydrogen) atoms. The Bertz CT molecular complexity index is 302. The highest BCUT2D eigenvalue weighted by atomic mass is 19.4. The molecule has 0 heterocycles. The van der Waals surface area contributed by atoms with Gasteiger partial charge in [0.2, 0.25) is 0 Å². The van der Waals surface area contributed by atoms with Crippen LogP contribution in [0.4, 0.5) is 13.2 Å². The van der Waals surface area contributed by atoms with Crippen LogP contribution < -0.4 is 0 Å². The predicted molar refractivity (Wildman–Crippen MR) is 64.0 cm³/mol. The van der Waals surface area contributed by atoms with Gasteiger partial charge in [-0.2, -0.15) is 13.2 Å². The Morgan fingerprint density at radius 2 is 1.67 bits per heavy atom. The van der Waals surface area contributed by atoms with Gasteiger partial charge in [-0.25, -0.2) is 0 Å². The molecular weight excluding hydrogens is 241 g/mol. The number of rotatable bonds is 2.